The van der Waals surface area contributed by atoms with Crippen LogP contribution in [0.15, 0.2) is 18.2 Å². The van der Waals surface area contributed by atoms with Crippen molar-refractivity contribution in [2.75, 3.05) is 19.8 Å². The Kier molecular flexibility index (Phi) is 4.84. The Hall–Kier alpha value is -1.26. The molecule has 4 nitrogen and oxygen atoms in total. The van der Waals surface area contributed by atoms with Crippen LogP contribution >= 0.6 is 0 Å². The van der Waals surface area contributed by atoms with Crippen molar-refractivity contribution in [3.05, 3.63) is 23.8 Å². The van der Waals surface area contributed by atoms with Crippen LogP contribution in [0.5, 0.6) is 11.5 Å². The maximum absolute atomic E-state index is 8.66. The molecule has 0 fully saturated rings. The van der Waals surface area contributed by atoms with Crippen molar-refractivity contribution in [3.8, 4) is 11.5 Å². The molecular weight excluding hydrogens is 230 g/mol. The van der Waals surface area contributed by atoms with Gasteiger partial charge in [0.25, 0.3) is 0 Å². The van der Waals surface area contributed by atoms with E-state index in [1.165, 1.54) is 0 Å². The molecule has 0 saturated carbocycles. The highest BCUT2D eigenvalue weighted by molar-refractivity contribution is 5.44. The molecule has 100 valence electrons. The van der Waals surface area contributed by atoms with Gasteiger partial charge in [-0.05, 0) is 31.4 Å². The highest BCUT2D eigenvalue weighted by Gasteiger charge is 2.20. The molecule has 1 aliphatic rings. The first-order valence-electron chi connectivity index (χ1n) is 6.57. The van der Waals surface area contributed by atoms with Gasteiger partial charge in [0.15, 0.2) is 0 Å². The lowest BCUT2D eigenvalue weighted by molar-refractivity contribution is 0.273. The van der Waals surface area contributed by atoms with Gasteiger partial charge < -0.3 is 20.3 Å². The molecule has 0 saturated heterocycles. The van der Waals surface area contributed by atoms with E-state index < -0.39 is 0 Å². The summed E-state index contributed by atoms with van der Waals surface area (Å²) in [6.07, 6.45) is 4.04. The summed E-state index contributed by atoms with van der Waals surface area (Å²) in [5, 5.41) is 8.66. The van der Waals surface area contributed by atoms with Crippen LogP contribution in [0.2, 0.25) is 0 Å². The maximum atomic E-state index is 8.66. The molecule has 4 heteroatoms. The van der Waals surface area contributed by atoms with Crippen LogP contribution in [-0.2, 0) is 0 Å². The van der Waals surface area contributed by atoms with Crippen LogP contribution in [0.3, 0.4) is 0 Å². The van der Waals surface area contributed by atoms with Gasteiger partial charge >= 0.3 is 0 Å². The SMILES string of the molecule is NC1COc2cc(OCCCCCCO)ccc21. The molecule has 0 radical (unpaired) electrons. The number of rotatable bonds is 7. The molecule has 1 atom stereocenters. The fourth-order valence-corrected chi connectivity index (χ4v) is 2.06. The van der Waals surface area contributed by atoms with Gasteiger partial charge in [0.2, 0.25) is 0 Å². The molecule has 1 heterocycles. The number of unbranched alkanes of at least 4 members (excludes halogenated alkanes) is 3. The van der Waals surface area contributed by atoms with Crippen molar-refractivity contribution in [3.63, 3.8) is 0 Å². The molecule has 0 aromatic heterocycles. The van der Waals surface area contributed by atoms with Crippen molar-refractivity contribution in [2.45, 2.75) is 31.7 Å². The van der Waals surface area contributed by atoms with Crippen molar-refractivity contribution < 1.29 is 14.6 Å². The van der Waals surface area contributed by atoms with Gasteiger partial charge in [-0.1, -0.05) is 6.42 Å². The number of hydrogen-bond donors (Lipinski definition) is 2. The quantitative estimate of drug-likeness (QED) is 0.728. The normalized spacial score (nSPS) is 17.3. The second kappa shape index (κ2) is 6.61. The lowest BCUT2D eigenvalue weighted by Crippen LogP contribution is -2.10. The summed E-state index contributed by atoms with van der Waals surface area (Å²) in [6.45, 7) is 1.54. The smallest absolute Gasteiger partial charge is 0.127 e. The monoisotopic (exact) mass is 251 g/mol. The van der Waals surface area contributed by atoms with E-state index in [1.54, 1.807) is 0 Å². The first kappa shape index (κ1) is 13.2. The van der Waals surface area contributed by atoms with Gasteiger partial charge in [-0.2, -0.15) is 0 Å². The van der Waals surface area contributed by atoms with Crippen molar-refractivity contribution in [1.29, 1.82) is 0 Å². The van der Waals surface area contributed by atoms with Crippen LogP contribution in [0.1, 0.15) is 37.3 Å². The lowest BCUT2D eigenvalue weighted by Gasteiger charge is -2.08. The van der Waals surface area contributed by atoms with E-state index in [1.807, 2.05) is 18.2 Å². The van der Waals surface area contributed by atoms with Gasteiger partial charge in [0, 0.05) is 18.2 Å². The standard InChI is InChI=1S/C14H21NO3/c15-13-10-18-14-9-11(5-6-12(13)14)17-8-4-2-1-3-7-16/h5-6,9,13,16H,1-4,7-8,10,15H2. The van der Waals surface area contributed by atoms with Crippen LogP contribution in [0, 0.1) is 0 Å². The molecule has 0 amide bonds. The zero-order valence-corrected chi connectivity index (χ0v) is 10.6. The van der Waals surface area contributed by atoms with E-state index >= 15 is 0 Å². The first-order valence-corrected chi connectivity index (χ1v) is 6.57. The van der Waals surface area contributed by atoms with Crippen LogP contribution in [0.25, 0.3) is 0 Å². The molecule has 18 heavy (non-hydrogen) atoms. The molecule has 0 bridgehead atoms. The second-order valence-electron chi connectivity index (χ2n) is 4.60. The number of aliphatic hydroxyl groups excluding tert-OH is 1. The predicted octanol–water partition coefficient (Wildman–Crippen LogP) is 2.01. The molecule has 0 aliphatic carbocycles. The number of ether oxygens (including phenoxy) is 2. The van der Waals surface area contributed by atoms with E-state index in [0.29, 0.717) is 13.2 Å². The van der Waals surface area contributed by atoms with Crippen molar-refractivity contribution in [2.24, 2.45) is 5.73 Å². The number of nitrogens with two attached hydrogens (primary N) is 1. The summed E-state index contributed by atoms with van der Waals surface area (Å²) >= 11 is 0. The van der Waals surface area contributed by atoms with E-state index in [2.05, 4.69) is 0 Å². The Balaban J connectivity index is 1.74. The molecule has 3 N–H and O–H groups in total. The first-order chi connectivity index (χ1) is 8.81. The Morgan fingerprint density at radius 3 is 2.94 bits per heavy atom. The highest BCUT2D eigenvalue weighted by Crippen LogP contribution is 2.33. The molecule has 1 aromatic rings. The molecule has 1 aliphatic heterocycles. The van der Waals surface area contributed by atoms with Gasteiger partial charge in [0.05, 0.1) is 12.6 Å². The Morgan fingerprint density at radius 2 is 2.11 bits per heavy atom. The van der Waals surface area contributed by atoms with Crippen LogP contribution in [-0.4, -0.2) is 24.9 Å². The van der Waals surface area contributed by atoms with Gasteiger partial charge in [-0.3, -0.25) is 0 Å². The minimum absolute atomic E-state index is 0.00692. The number of aliphatic hydroxyl groups is 1. The number of fused-ring (bicyclic) bond motifs is 1. The van der Waals surface area contributed by atoms with Crippen LogP contribution in [0.4, 0.5) is 0 Å². The third-order valence-electron chi connectivity index (χ3n) is 3.12. The van der Waals surface area contributed by atoms with E-state index in [4.69, 9.17) is 20.3 Å². The number of benzene rings is 1. The molecular formula is C14H21NO3. The summed E-state index contributed by atoms with van der Waals surface area (Å²) in [4.78, 5) is 0. The van der Waals surface area contributed by atoms with E-state index in [-0.39, 0.29) is 12.6 Å². The summed E-state index contributed by atoms with van der Waals surface area (Å²) in [5.41, 5.74) is 6.94. The van der Waals surface area contributed by atoms with E-state index in [9.17, 15) is 0 Å². The third kappa shape index (κ3) is 3.37. The largest absolute Gasteiger partial charge is 0.493 e. The van der Waals surface area contributed by atoms with Gasteiger partial charge in [-0.15, -0.1) is 0 Å². The second-order valence-corrected chi connectivity index (χ2v) is 4.60. The summed E-state index contributed by atoms with van der Waals surface area (Å²) < 4.78 is 11.1. The molecule has 0 spiro atoms. The summed E-state index contributed by atoms with van der Waals surface area (Å²) in [7, 11) is 0. The third-order valence-corrected chi connectivity index (χ3v) is 3.12. The molecule has 1 aromatic carbocycles. The Bertz CT molecular complexity index is 381. The fraction of sp³-hybridized carbons (Fsp3) is 0.571. The predicted molar refractivity (Wildman–Crippen MR) is 69.9 cm³/mol. The molecule has 2 rings (SSSR count). The Morgan fingerprint density at radius 1 is 1.28 bits per heavy atom. The Labute approximate surface area is 108 Å². The lowest BCUT2D eigenvalue weighted by atomic mass is 10.1. The zero-order chi connectivity index (χ0) is 12.8. The molecule has 1 unspecified atom stereocenters. The minimum Gasteiger partial charge on any atom is -0.493 e. The van der Waals surface area contributed by atoms with Gasteiger partial charge in [0.1, 0.15) is 18.1 Å². The van der Waals surface area contributed by atoms with E-state index in [0.717, 1.165) is 42.7 Å². The number of hydrogen-bond acceptors (Lipinski definition) is 4. The topological polar surface area (TPSA) is 64.7 Å². The highest BCUT2D eigenvalue weighted by atomic mass is 16.5. The van der Waals surface area contributed by atoms with Crippen LogP contribution < -0.4 is 15.2 Å². The average molecular weight is 251 g/mol. The summed E-state index contributed by atoms with van der Waals surface area (Å²) in [6, 6.07) is 5.83. The van der Waals surface area contributed by atoms with Crippen molar-refractivity contribution >= 4 is 0 Å². The van der Waals surface area contributed by atoms with Gasteiger partial charge in [-0.25, -0.2) is 0 Å². The van der Waals surface area contributed by atoms with Crippen molar-refractivity contribution in [1.82, 2.24) is 0 Å². The maximum Gasteiger partial charge on any atom is 0.127 e. The summed E-state index contributed by atoms with van der Waals surface area (Å²) in [5.74, 6) is 1.69. The minimum atomic E-state index is -0.00692. The zero-order valence-electron chi connectivity index (χ0n) is 10.6. The average Bonchev–Trinajstić information content (AvgIpc) is 2.75. The fourth-order valence-electron chi connectivity index (χ4n) is 2.06.